The minimum atomic E-state index is 0.0623. The zero-order chi connectivity index (χ0) is 12.5. The molecule has 4 nitrogen and oxygen atoms in total. The van der Waals surface area contributed by atoms with Crippen molar-refractivity contribution in [1.82, 2.24) is 9.55 Å². The summed E-state index contributed by atoms with van der Waals surface area (Å²) in [6.45, 7) is 3.42. The summed E-state index contributed by atoms with van der Waals surface area (Å²) in [5.74, 6) is 0. The predicted octanol–water partition coefficient (Wildman–Crippen LogP) is 2.34. The van der Waals surface area contributed by atoms with Crippen LogP contribution in [0.25, 0.3) is 10.2 Å². The van der Waals surface area contributed by atoms with E-state index in [0.29, 0.717) is 6.54 Å². The van der Waals surface area contributed by atoms with E-state index in [1.54, 1.807) is 10.9 Å². The number of ether oxygens (including phenoxy) is 1. The molecule has 0 aliphatic carbocycles. The Hall–Kier alpha value is -1.20. The molecule has 3 heterocycles. The molecular formula is C13H16N2O2S. The highest BCUT2D eigenvalue weighted by Gasteiger charge is 2.16. The van der Waals surface area contributed by atoms with Crippen molar-refractivity contribution in [3.8, 4) is 0 Å². The second-order valence-corrected chi connectivity index (χ2v) is 5.67. The first-order valence-corrected chi connectivity index (χ1v) is 7.18. The van der Waals surface area contributed by atoms with Gasteiger partial charge in [0.15, 0.2) is 0 Å². The van der Waals surface area contributed by atoms with Crippen LogP contribution in [0.4, 0.5) is 0 Å². The molecule has 96 valence electrons. The number of rotatable bonds is 2. The maximum absolute atomic E-state index is 12.3. The third-order valence-corrected chi connectivity index (χ3v) is 4.47. The average Bonchev–Trinajstić information content (AvgIpc) is 2.77. The summed E-state index contributed by atoms with van der Waals surface area (Å²) in [6, 6.07) is 0. The van der Waals surface area contributed by atoms with E-state index in [-0.39, 0.29) is 11.7 Å². The molecule has 0 spiro atoms. The standard InChI is InChI=1S/C13H16N2O2S/c1-9-7-18-12-11(9)14-8-15(13(12)16)6-10-4-2-3-5-17-10/h7-8,10H,2-6H2,1H3. The maximum atomic E-state index is 12.3. The molecule has 2 aromatic heterocycles. The normalized spacial score (nSPS) is 20.4. The molecule has 5 heteroatoms. The van der Waals surface area contributed by atoms with Crippen LogP contribution in [-0.2, 0) is 11.3 Å². The van der Waals surface area contributed by atoms with Crippen molar-refractivity contribution >= 4 is 21.6 Å². The van der Waals surface area contributed by atoms with Crippen molar-refractivity contribution in [3.63, 3.8) is 0 Å². The molecule has 18 heavy (non-hydrogen) atoms. The second kappa shape index (κ2) is 4.82. The van der Waals surface area contributed by atoms with Crippen LogP contribution in [0.15, 0.2) is 16.5 Å². The molecule has 1 unspecified atom stereocenters. The number of hydrogen-bond acceptors (Lipinski definition) is 4. The summed E-state index contributed by atoms with van der Waals surface area (Å²) in [5.41, 5.74) is 1.98. The van der Waals surface area contributed by atoms with Gasteiger partial charge in [-0.05, 0) is 37.1 Å². The molecule has 1 aliphatic rings. The molecule has 1 saturated heterocycles. The quantitative estimate of drug-likeness (QED) is 0.836. The van der Waals surface area contributed by atoms with E-state index >= 15 is 0 Å². The van der Waals surface area contributed by atoms with Crippen LogP contribution in [0.1, 0.15) is 24.8 Å². The second-order valence-electron chi connectivity index (χ2n) is 4.79. The van der Waals surface area contributed by atoms with E-state index in [1.165, 1.54) is 17.8 Å². The van der Waals surface area contributed by atoms with Gasteiger partial charge in [0.05, 0.1) is 24.5 Å². The predicted molar refractivity (Wildman–Crippen MR) is 72.2 cm³/mol. The SMILES string of the molecule is Cc1csc2c(=O)n(CC3CCCCO3)cnc12. The Morgan fingerprint density at radius 1 is 1.56 bits per heavy atom. The largest absolute Gasteiger partial charge is 0.376 e. The molecule has 0 N–H and O–H groups in total. The van der Waals surface area contributed by atoms with Crippen molar-refractivity contribution in [2.75, 3.05) is 6.61 Å². The van der Waals surface area contributed by atoms with Crippen molar-refractivity contribution in [1.29, 1.82) is 0 Å². The van der Waals surface area contributed by atoms with Gasteiger partial charge in [-0.3, -0.25) is 9.36 Å². The van der Waals surface area contributed by atoms with Crippen LogP contribution in [-0.4, -0.2) is 22.3 Å². The lowest BCUT2D eigenvalue weighted by molar-refractivity contribution is 0.00536. The van der Waals surface area contributed by atoms with E-state index < -0.39 is 0 Å². The van der Waals surface area contributed by atoms with Gasteiger partial charge in [0.25, 0.3) is 5.56 Å². The summed E-state index contributed by atoms with van der Waals surface area (Å²) in [5, 5.41) is 1.99. The van der Waals surface area contributed by atoms with Crippen LogP contribution in [0.3, 0.4) is 0 Å². The first-order chi connectivity index (χ1) is 8.75. The molecule has 3 rings (SSSR count). The third kappa shape index (κ3) is 2.08. The third-order valence-electron chi connectivity index (χ3n) is 3.40. The van der Waals surface area contributed by atoms with Crippen molar-refractivity contribution in [3.05, 3.63) is 27.6 Å². The van der Waals surface area contributed by atoms with Crippen LogP contribution >= 0.6 is 11.3 Å². The number of nitrogens with zero attached hydrogens (tertiary/aromatic N) is 2. The Kier molecular flexibility index (Phi) is 3.18. The average molecular weight is 264 g/mol. The Morgan fingerprint density at radius 3 is 3.22 bits per heavy atom. The van der Waals surface area contributed by atoms with Crippen molar-refractivity contribution in [2.24, 2.45) is 0 Å². The summed E-state index contributed by atoms with van der Waals surface area (Å²) >= 11 is 1.48. The zero-order valence-electron chi connectivity index (χ0n) is 10.4. The number of hydrogen-bond donors (Lipinski definition) is 0. The lowest BCUT2D eigenvalue weighted by atomic mass is 10.1. The molecule has 1 aliphatic heterocycles. The molecule has 1 atom stereocenters. The molecule has 2 aromatic rings. The van der Waals surface area contributed by atoms with E-state index in [9.17, 15) is 4.79 Å². The van der Waals surface area contributed by atoms with E-state index in [0.717, 1.165) is 35.2 Å². The maximum Gasteiger partial charge on any atom is 0.271 e. The Bertz CT molecular complexity index is 611. The molecule has 0 bridgehead atoms. The highest BCUT2D eigenvalue weighted by Crippen LogP contribution is 2.20. The van der Waals surface area contributed by atoms with Gasteiger partial charge in [-0.15, -0.1) is 11.3 Å². The van der Waals surface area contributed by atoms with Crippen molar-refractivity contribution in [2.45, 2.75) is 38.8 Å². The van der Waals surface area contributed by atoms with Crippen LogP contribution in [0, 0.1) is 6.92 Å². The molecule has 0 saturated carbocycles. The first kappa shape index (κ1) is 11.9. The molecule has 1 fully saturated rings. The molecule has 0 amide bonds. The fraction of sp³-hybridized carbons (Fsp3) is 0.538. The van der Waals surface area contributed by atoms with Gasteiger partial charge < -0.3 is 4.74 Å². The number of aryl methyl sites for hydroxylation is 1. The number of fused-ring (bicyclic) bond motifs is 1. The number of aromatic nitrogens is 2. The minimum absolute atomic E-state index is 0.0623. The minimum Gasteiger partial charge on any atom is -0.376 e. The fourth-order valence-electron chi connectivity index (χ4n) is 2.36. The van der Waals surface area contributed by atoms with Gasteiger partial charge in [0.1, 0.15) is 4.70 Å². The van der Waals surface area contributed by atoms with E-state index in [4.69, 9.17) is 4.74 Å². The van der Waals surface area contributed by atoms with Gasteiger partial charge in [-0.2, -0.15) is 0 Å². The summed E-state index contributed by atoms with van der Waals surface area (Å²) in [6.07, 6.45) is 5.17. The zero-order valence-corrected chi connectivity index (χ0v) is 11.2. The Morgan fingerprint density at radius 2 is 2.44 bits per heavy atom. The van der Waals surface area contributed by atoms with Gasteiger partial charge in [-0.25, -0.2) is 4.98 Å². The smallest absolute Gasteiger partial charge is 0.271 e. The highest BCUT2D eigenvalue weighted by molar-refractivity contribution is 7.17. The van der Waals surface area contributed by atoms with Gasteiger partial charge in [-0.1, -0.05) is 0 Å². The summed E-state index contributed by atoms with van der Waals surface area (Å²) < 4.78 is 8.11. The van der Waals surface area contributed by atoms with Crippen LogP contribution in [0.5, 0.6) is 0 Å². The number of thiophene rings is 1. The van der Waals surface area contributed by atoms with Crippen LogP contribution in [0.2, 0.25) is 0 Å². The lowest BCUT2D eigenvalue weighted by Crippen LogP contribution is -2.30. The first-order valence-electron chi connectivity index (χ1n) is 6.30. The van der Waals surface area contributed by atoms with Crippen LogP contribution < -0.4 is 5.56 Å². The lowest BCUT2D eigenvalue weighted by Gasteiger charge is -2.22. The summed E-state index contributed by atoms with van der Waals surface area (Å²) in [4.78, 5) is 16.7. The fourth-order valence-corrected chi connectivity index (χ4v) is 3.31. The highest BCUT2D eigenvalue weighted by atomic mass is 32.1. The molecule has 0 radical (unpaired) electrons. The van der Waals surface area contributed by atoms with Crippen molar-refractivity contribution < 1.29 is 4.74 Å². The topological polar surface area (TPSA) is 44.1 Å². The van der Waals surface area contributed by atoms with Gasteiger partial charge in [0, 0.05) is 6.61 Å². The Labute approximate surface area is 109 Å². The van der Waals surface area contributed by atoms with Gasteiger partial charge in [0.2, 0.25) is 0 Å². The van der Waals surface area contributed by atoms with E-state index in [1.807, 2.05) is 12.3 Å². The molecule has 0 aromatic carbocycles. The monoisotopic (exact) mass is 264 g/mol. The van der Waals surface area contributed by atoms with Gasteiger partial charge >= 0.3 is 0 Å². The summed E-state index contributed by atoms with van der Waals surface area (Å²) in [7, 11) is 0. The Balaban J connectivity index is 1.92. The molecular weight excluding hydrogens is 248 g/mol. The van der Waals surface area contributed by atoms with E-state index in [2.05, 4.69) is 4.98 Å².